The Labute approximate surface area is 137 Å². The average molecular weight is 328 g/mol. The Morgan fingerprint density at radius 1 is 1.00 bits per heavy atom. The van der Waals surface area contributed by atoms with E-state index in [9.17, 15) is 14.4 Å². The molecule has 2 N–H and O–H groups in total. The van der Waals surface area contributed by atoms with Crippen LogP contribution in [0.15, 0.2) is 12.2 Å². The summed E-state index contributed by atoms with van der Waals surface area (Å²) < 4.78 is 0. The van der Waals surface area contributed by atoms with E-state index in [0.717, 1.165) is 6.42 Å². The van der Waals surface area contributed by atoms with E-state index < -0.39 is 0 Å². The van der Waals surface area contributed by atoms with Crippen LogP contribution >= 0.6 is 11.8 Å². The van der Waals surface area contributed by atoms with Crippen molar-refractivity contribution < 1.29 is 14.4 Å². The van der Waals surface area contributed by atoms with Gasteiger partial charge in [0.15, 0.2) is 0 Å². The fraction of sp³-hybridized carbons (Fsp3) is 0.688. The highest BCUT2D eigenvalue weighted by molar-refractivity contribution is 8.14. The Balaban J connectivity index is 4.68. The van der Waals surface area contributed by atoms with E-state index in [1.165, 1.54) is 25.6 Å². The summed E-state index contributed by atoms with van der Waals surface area (Å²) in [6.07, 6.45) is 2.11. The lowest BCUT2D eigenvalue weighted by Gasteiger charge is -2.26. The lowest BCUT2D eigenvalue weighted by Crippen LogP contribution is -2.42. The quantitative estimate of drug-likeness (QED) is 0.637. The summed E-state index contributed by atoms with van der Waals surface area (Å²) in [6.45, 7) is 12.2. The van der Waals surface area contributed by atoms with Gasteiger partial charge in [-0.1, -0.05) is 32.2 Å². The molecule has 3 unspecified atom stereocenters. The summed E-state index contributed by atoms with van der Waals surface area (Å²) in [5, 5.41) is 5.84. The molecule has 0 aliphatic carbocycles. The summed E-state index contributed by atoms with van der Waals surface area (Å²) >= 11 is 1.23. The predicted octanol–water partition coefficient (Wildman–Crippen LogP) is 2.41. The molecule has 0 rings (SSSR count). The molecule has 0 aliphatic rings. The minimum atomic E-state index is -0.105. The van der Waals surface area contributed by atoms with E-state index in [-0.39, 0.29) is 34.3 Å². The highest BCUT2D eigenvalue weighted by atomic mass is 32.2. The minimum absolute atomic E-state index is 0.0170. The van der Waals surface area contributed by atoms with Crippen molar-refractivity contribution in [2.75, 3.05) is 0 Å². The summed E-state index contributed by atoms with van der Waals surface area (Å²) in [5.74, 6) is -0.181. The number of carbonyl (C=O) groups is 3. The molecule has 6 heteroatoms. The molecule has 0 heterocycles. The van der Waals surface area contributed by atoms with Crippen molar-refractivity contribution in [3.63, 3.8) is 0 Å². The molecule has 0 bridgehead atoms. The first-order chi connectivity index (χ1) is 10.1. The third kappa shape index (κ3) is 9.60. The van der Waals surface area contributed by atoms with Crippen molar-refractivity contribution in [2.24, 2.45) is 0 Å². The molecule has 0 saturated carbocycles. The van der Waals surface area contributed by atoms with Gasteiger partial charge in [-0.05, 0) is 31.8 Å². The summed E-state index contributed by atoms with van der Waals surface area (Å²) in [6, 6.07) is -0.0573. The zero-order valence-electron chi connectivity index (χ0n) is 14.2. The third-order valence-electron chi connectivity index (χ3n) is 3.15. The van der Waals surface area contributed by atoms with Gasteiger partial charge in [-0.3, -0.25) is 14.4 Å². The standard InChI is InChI=1S/C16H28N2O3S/c1-7-14(17-12(5)19)9-15(18-13(6)20)8-11(4)22-16(21)10(2)3/h11,14-15H,2,7-9H2,1,3-6H3,(H,17,19)(H,18,20). The van der Waals surface area contributed by atoms with Crippen molar-refractivity contribution in [1.29, 1.82) is 0 Å². The Bertz CT molecular complexity index is 424. The van der Waals surface area contributed by atoms with E-state index in [4.69, 9.17) is 0 Å². The molecule has 0 aliphatic heterocycles. The van der Waals surface area contributed by atoms with Crippen molar-refractivity contribution in [3.8, 4) is 0 Å². The molecule has 0 aromatic carbocycles. The van der Waals surface area contributed by atoms with Crippen LogP contribution in [0, 0.1) is 0 Å². The van der Waals surface area contributed by atoms with Crippen LogP contribution in [0.25, 0.3) is 0 Å². The maximum Gasteiger partial charge on any atom is 0.217 e. The van der Waals surface area contributed by atoms with E-state index >= 15 is 0 Å². The number of rotatable bonds is 9. The van der Waals surface area contributed by atoms with Crippen LogP contribution < -0.4 is 10.6 Å². The largest absolute Gasteiger partial charge is 0.354 e. The molecule has 0 spiro atoms. The molecule has 0 radical (unpaired) electrons. The molecular weight excluding hydrogens is 300 g/mol. The maximum absolute atomic E-state index is 11.7. The van der Waals surface area contributed by atoms with Crippen LogP contribution in [0.4, 0.5) is 0 Å². The van der Waals surface area contributed by atoms with Crippen LogP contribution in [-0.2, 0) is 14.4 Å². The van der Waals surface area contributed by atoms with E-state index in [1.54, 1.807) is 6.92 Å². The summed E-state index contributed by atoms with van der Waals surface area (Å²) in [4.78, 5) is 34.3. The number of hydrogen-bond acceptors (Lipinski definition) is 4. The van der Waals surface area contributed by atoms with Gasteiger partial charge in [-0.15, -0.1) is 0 Å². The second-order valence-electron chi connectivity index (χ2n) is 5.67. The third-order valence-corrected chi connectivity index (χ3v) is 4.31. The number of nitrogens with one attached hydrogen (secondary N) is 2. The van der Waals surface area contributed by atoms with Gasteiger partial charge in [-0.2, -0.15) is 0 Å². The average Bonchev–Trinajstić information content (AvgIpc) is 2.35. The van der Waals surface area contributed by atoms with Gasteiger partial charge in [0.25, 0.3) is 0 Å². The monoisotopic (exact) mass is 328 g/mol. The van der Waals surface area contributed by atoms with Gasteiger partial charge >= 0.3 is 0 Å². The highest BCUT2D eigenvalue weighted by Crippen LogP contribution is 2.21. The van der Waals surface area contributed by atoms with Gasteiger partial charge < -0.3 is 10.6 Å². The van der Waals surface area contributed by atoms with E-state index in [2.05, 4.69) is 17.2 Å². The van der Waals surface area contributed by atoms with E-state index in [0.29, 0.717) is 18.4 Å². The number of carbonyl (C=O) groups excluding carboxylic acids is 3. The summed E-state index contributed by atoms with van der Waals surface area (Å²) in [7, 11) is 0. The topological polar surface area (TPSA) is 75.3 Å². The van der Waals surface area contributed by atoms with Gasteiger partial charge in [-0.25, -0.2) is 0 Å². The molecule has 2 amide bonds. The first-order valence-electron chi connectivity index (χ1n) is 7.56. The van der Waals surface area contributed by atoms with Gasteiger partial charge in [0.2, 0.25) is 16.9 Å². The molecule has 0 saturated heterocycles. The first-order valence-corrected chi connectivity index (χ1v) is 8.44. The van der Waals surface area contributed by atoms with Crippen molar-refractivity contribution in [1.82, 2.24) is 10.6 Å². The number of thioether (sulfide) groups is 1. The summed E-state index contributed by atoms with van der Waals surface area (Å²) in [5.41, 5.74) is 0.526. The zero-order valence-corrected chi connectivity index (χ0v) is 15.0. The Morgan fingerprint density at radius 2 is 1.50 bits per heavy atom. The lowest BCUT2D eigenvalue weighted by molar-refractivity contribution is -0.119. The Hall–Kier alpha value is -1.30. The smallest absolute Gasteiger partial charge is 0.217 e. The fourth-order valence-corrected chi connectivity index (χ4v) is 3.09. The van der Waals surface area contributed by atoms with Crippen molar-refractivity contribution in [2.45, 2.75) is 71.2 Å². The normalized spacial score (nSPS) is 14.6. The zero-order chi connectivity index (χ0) is 17.3. The Morgan fingerprint density at radius 3 is 1.91 bits per heavy atom. The van der Waals surface area contributed by atoms with Crippen LogP contribution in [0.1, 0.15) is 53.9 Å². The van der Waals surface area contributed by atoms with Crippen LogP contribution in [0.2, 0.25) is 0 Å². The van der Waals surface area contributed by atoms with Gasteiger partial charge in [0, 0.05) is 31.2 Å². The first kappa shape index (κ1) is 20.7. The molecule has 22 heavy (non-hydrogen) atoms. The SMILES string of the molecule is C=C(C)C(=O)SC(C)CC(CC(CC)NC(C)=O)NC(C)=O. The van der Waals surface area contributed by atoms with Crippen LogP contribution in [0.3, 0.4) is 0 Å². The van der Waals surface area contributed by atoms with E-state index in [1.807, 2.05) is 13.8 Å². The second kappa shape index (κ2) is 10.4. The predicted molar refractivity (Wildman–Crippen MR) is 91.6 cm³/mol. The van der Waals surface area contributed by atoms with Crippen LogP contribution in [0.5, 0.6) is 0 Å². The Kier molecular flexibility index (Phi) is 9.81. The fourth-order valence-electron chi connectivity index (χ4n) is 2.19. The lowest BCUT2D eigenvalue weighted by atomic mass is 10.0. The molecule has 0 aromatic rings. The maximum atomic E-state index is 11.7. The minimum Gasteiger partial charge on any atom is -0.354 e. The van der Waals surface area contributed by atoms with Crippen molar-refractivity contribution in [3.05, 3.63) is 12.2 Å². The molecule has 3 atom stereocenters. The molecule has 5 nitrogen and oxygen atoms in total. The van der Waals surface area contributed by atoms with Crippen molar-refractivity contribution >= 4 is 28.7 Å². The number of amides is 2. The van der Waals surface area contributed by atoms with Gasteiger partial charge in [0.1, 0.15) is 0 Å². The van der Waals surface area contributed by atoms with Crippen LogP contribution in [-0.4, -0.2) is 34.3 Å². The highest BCUT2D eigenvalue weighted by Gasteiger charge is 2.21. The molecule has 0 fully saturated rings. The molecule has 0 aromatic heterocycles. The van der Waals surface area contributed by atoms with Gasteiger partial charge in [0.05, 0.1) is 0 Å². The second-order valence-corrected chi connectivity index (χ2v) is 7.08. The number of hydrogen-bond donors (Lipinski definition) is 2. The molecular formula is C16H28N2O3S. The molecule has 126 valence electrons.